The molecule has 4 aromatic heterocycles. The number of para-hydroxylation sites is 3. The van der Waals surface area contributed by atoms with Crippen LogP contribution >= 0.6 is 0 Å². The number of nitrogens with zero attached hydrogens (tertiary/aromatic N) is 4. The van der Waals surface area contributed by atoms with Gasteiger partial charge >= 0.3 is 0 Å². The van der Waals surface area contributed by atoms with E-state index in [4.69, 9.17) is 9.97 Å². The average Bonchev–Trinajstić information content (AvgIpc) is 3.77. The molecule has 222 valence electrons. The molecule has 0 amide bonds. The third-order valence-corrected chi connectivity index (χ3v) is 10.0. The van der Waals surface area contributed by atoms with Gasteiger partial charge in [0.1, 0.15) is 5.52 Å². The van der Waals surface area contributed by atoms with Gasteiger partial charge in [0, 0.05) is 32.6 Å². The molecule has 48 heavy (non-hydrogen) atoms. The number of aromatic nitrogens is 4. The lowest BCUT2D eigenvalue weighted by Gasteiger charge is -2.11. The Balaban J connectivity index is 1.29. The van der Waals surface area contributed by atoms with E-state index >= 15 is 0 Å². The van der Waals surface area contributed by atoms with E-state index < -0.39 is 0 Å². The van der Waals surface area contributed by atoms with Crippen molar-refractivity contribution in [2.75, 3.05) is 0 Å². The summed E-state index contributed by atoms with van der Waals surface area (Å²) in [6.07, 6.45) is 0. The molecular formula is C44H26N4. The Morgan fingerprint density at radius 1 is 0.375 bits per heavy atom. The van der Waals surface area contributed by atoms with Crippen molar-refractivity contribution in [1.29, 1.82) is 0 Å². The molecule has 4 nitrogen and oxygen atoms in total. The molecule has 0 unspecified atom stereocenters. The van der Waals surface area contributed by atoms with Crippen LogP contribution in [0.2, 0.25) is 0 Å². The van der Waals surface area contributed by atoms with Crippen molar-refractivity contribution >= 4 is 71.2 Å². The van der Waals surface area contributed by atoms with Gasteiger partial charge in [0.15, 0.2) is 5.65 Å². The number of fused-ring (bicyclic) bond motifs is 10. The van der Waals surface area contributed by atoms with Crippen LogP contribution in [0.1, 0.15) is 0 Å². The van der Waals surface area contributed by atoms with Crippen molar-refractivity contribution in [2.45, 2.75) is 0 Å². The SMILES string of the molecule is c1ccc(-c2cccc(-n3c4cc(-c5ccccc5)ccc4c4cc5c6cccc7c8nc9ccccc9nc8n(c5cc43)c67)c2)cc1. The first-order valence-electron chi connectivity index (χ1n) is 16.3. The first-order valence-corrected chi connectivity index (χ1v) is 16.3. The standard InChI is InChI=1S/C44H26N4/c1-3-11-27(12-4-1)29-15-9-16-31(23-29)47-39-24-30(28-13-5-2-6-14-28)21-22-32(39)35-25-36-33-17-10-18-34-42-44(46-38-20-8-7-19-37(38)45-42)48(43(33)34)41(36)26-40(35)47/h1-26H. The Hall–Kier alpha value is -6.52. The van der Waals surface area contributed by atoms with Crippen LogP contribution in [-0.2, 0) is 0 Å². The van der Waals surface area contributed by atoms with Crippen LogP contribution in [0, 0.1) is 0 Å². The third kappa shape index (κ3) is 3.49. The predicted molar refractivity (Wildman–Crippen MR) is 199 cm³/mol. The second kappa shape index (κ2) is 9.50. The summed E-state index contributed by atoms with van der Waals surface area (Å²) in [7, 11) is 0. The van der Waals surface area contributed by atoms with E-state index in [1.807, 2.05) is 18.2 Å². The smallest absolute Gasteiger partial charge is 0.165 e. The Kier molecular flexibility index (Phi) is 5.08. The molecule has 0 atom stereocenters. The molecule has 0 N–H and O–H groups in total. The van der Waals surface area contributed by atoms with E-state index in [0.29, 0.717) is 0 Å². The van der Waals surface area contributed by atoms with Crippen LogP contribution in [0.4, 0.5) is 0 Å². The molecule has 4 heterocycles. The molecule has 0 bridgehead atoms. The fourth-order valence-corrected chi connectivity index (χ4v) is 7.86. The van der Waals surface area contributed by atoms with Crippen LogP contribution < -0.4 is 0 Å². The summed E-state index contributed by atoms with van der Waals surface area (Å²) < 4.78 is 4.78. The highest BCUT2D eigenvalue weighted by Gasteiger charge is 2.22. The lowest BCUT2D eigenvalue weighted by Crippen LogP contribution is -1.95. The number of hydrogen-bond acceptors (Lipinski definition) is 2. The molecule has 0 spiro atoms. The lowest BCUT2D eigenvalue weighted by molar-refractivity contribution is 1.18. The van der Waals surface area contributed by atoms with E-state index in [0.717, 1.165) is 44.3 Å². The number of rotatable bonds is 3. The quantitative estimate of drug-likeness (QED) is 0.199. The van der Waals surface area contributed by atoms with Gasteiger partial charge in [0.2, 0.25) is 0 Å². The van der Waals surface area contributed by atoms with Crippen molar-refractivity contribution < 1.29 is 0 Å². The van der Waals surface area contributed by atoms with Gasteiger partial charge in [0.25, 0.3) is 0 Å². The molecule has 4 heteroatoms. The zero-order chi connectivity index (χ0) is 31.3. The molecular weight excluding hydrogens is 585 g/mol. The Morgan fingerprint density at radius 3 is 1.79 bits per heavy atom. The average molecular weight is 611 g/mol. The van der Waals surface area contributed by atoms with Crippen molar-refractivity contribution in [2.24, 2.45) is 0 Å². The highest BCUT2D eigenvalue weighted by atomic mass is 15.0. The maximum Gasteiger partial charge on any atom is 0.165 e. The molecule has 0 radical (unpaired) electrons. The van der Waals surface area contributed by atoms with Crippen LogP contribution in [0.15, 0.2) is 158 Å². The molecule has 0 aliphatic heterocycles. The number of hydrogen-bond donors (Lipinski definition) is 0. The van der Waals surface area contributed by atoms with Crippen LogP contribution in [0.3, 0.4) is 0 Å². The van der Waals surface area contributed by atoms with Crippen LogP contribution in [0.25, 0.3) is 99.1 Å². The summed E-state index contributed by atoms with van der Waals surface area (Å²) >= 11 is 0. The van der Waals surface area contributed by atoms with Crippen molar-refractivity contribution in [3.63, 3.8) is 0 Å². The highest BCUT2D eigenvalue weighted by Crippen LogP contribution is 2.43. The maximum absolute atomic E-state index is 5.21. The zero-order valence-corrected chi connectivity index (χ0v) is 25.8. The van der Waals surface area contributed by atoms with E-state index in [9.17, 15) is 0 Å². The Labute approximate surface area is 275 Å². The van der Waals surface area contributed by atoms with Gasteiger partial charge in [-0.2, -0.15) is 0 Å². The molecule has 7 aromatic carbocycles. The minimum absolute atomic E-state index is 0.898. The summed E-state index contributed by atoms with van der Waals surface area (Å²) in [5, 5.41) is 6.05. The topological polar surface area (TPSA) is 35.1 Å². The van der Waals surface area contributed by atoms with Gasteiger partial charge in [-0.15, -0.1) is 0 Å². The first kappa shape index (κ1) is 25.6. The summed E-state index contributed by atoms with van der Waals surface area (Å²) in [5.41, 5.74) is 14.3. The lowest BCUT2D eigenvalue weighted by atomic mass is 10.0. The van der Waals surface area contributed by atoms with Gasteiger partial charge in [-0.25, -0.2) is 9.97 Å². The second-order valence-corrected chi connectivity index (χ2v) is 12.7. The fraction of sp³-hybridized carbons (Fsp3) is 0. The van der Waals surface area contributed by atoms with Crippen LogP contribution in [0.5, 0.6) is 0 Å². The minimum Gasteiger partial charge on any atom is -0.309 e. The summed E-state index contributed by atoms with van der Waals surface area (Å²) in [6.45, 7) is 0. The highest BCUT2D eigenvalue weighted by molar-refractivity contribution is 6.25. The molecule has 0 saturated carbocycles. The molecule has 0 saturated heterocycles. The number of benzene rings is 7. The largest absolute Gasteiger partial charge is 0.309 e. The van der Waals surface area contributed by atoms with Crippen molar-refractivity contribution in [1.82, 2.24) is 18.9 Å². The van der Waals surface area contributed by atoms with E-state index in [1.165, 1.54) is 54.8 Å². The van der Waals surface area contributed by atoms with Gasteiger partial charge in [-0.1, -0.05) is 115 Å². The zero-order valence-electron chi connectivity index (χ0n) is 25.8. The Morgan fingerprint density at radius 2 is 1.00 bits per heavy atom. The van der Waals surface area contributed by atoms with Crippen molar-refractivity contribution in [3.8, 4) is 27.9 Å². The molecule has 11 aromatic rings. The Bertz CT molecular complexity index is 3040. The molecule has 0 aliphatic carbocycles. The normalized spacial score (nSPS) is 12.2. The summed E-state index contributed by atoms with van der Waals surface area (Å²) in [6, 6.07) is 56.6. The first-order chi connectivity index (χ1) is 23.8. The van der Waals surface area contributed by atoms with E-state index in [-0.39, 0.29) is 0 Å². The minimum atomic E-state index is 0.898. The predicted octanol–water partition coefficient (Wildman–Crippen LogP) is 11.2. The van der Waals surface area contributed by atoms with Gasteiger partial charge in [-0.3, -0.25) is 4.40 Å². The molecule has 0 aliphatic rings. The summed E-state index contributed by atoms with van der Waals surface area (Å²) in [5.74, 6) is 0. The van der Waals surface area contributed by atoms with Gasteiger partial charge < -0.3 is 4.57 Å². The molecule has 0 fully saturated rings. The maximum atomic E-state index is 5.21. The van der Waals surface area contributed by atoms with Gasteiger partial charge in [-0.05, 0) is 64.7 Å². The monoisotopic (exact) mass is 610 g/mol. The fourth-order valence-electron chi connectivity index (χ4n) is 7.86. The van der Waals surface area contributed by atoms with E-state index in [1.54, 1.807) is 0 Å². The van der Waals surface area contributed by atoms with Crippen LogP contribution in [-0.4, -0.2) is 18.9 Å². The third-order valence-electron chi connectivity index (χ3n) is 10.0. The van der Waals surface area contributed by atoms with Crippen molar-refractivity contribution in [3.05, 3.63) is 158 Å². The van der Waals surface area contributed by atoms with Gasteiger partial charge in [0.05, 0.1) is 33.1 Å². The second-order valence-electron chi connectivity index (χ2n) is 12.7. The van der Waals surface area contributed by atoms with E-state index in [2.05, 4.69) is 148 Å². The molecule has 11 rings (SSSR count). The summed E-state index contributed by atoms with van der Waals surface area (Å²) in [4.78, 5) is 10.3.